The minimum Gasteiger partial charge on any atom is -0.377 e. The zero-order chi connectivity index (χ0) is 12.3. The Morgan fingerprint density at radius 1 is 1.31 bits per heavy atom. The van der Waals surface area contributed by atoms with E-state index in [0.29, 0.717) is 19.5 Å². The van der Waals surface area contributed by atoms with E-state index in [2.05, 4.69) is 0 Å². The number of likely N-dealkylation sites (tertiary alicyclic amines) is 1. The number of carbonyl (C=O) groups is 1. The summed E-state index contributed by atoms with van der Waals surface area (Å²) in [5.74, 6) is 0.0640. The smallest absolute Gasteiger partial charge is 0.224 e. The predicted octanol–water partition coefficient (Wildman–Crippen LogP) is -0.0140. The predicted molar refractivity (Wildman–Crippen MR) is 61.1 cm³/mol. The maximum Gasteiger partial charge on any atom is 0.224 e. The summed E-state index contributed by atoms with van der Waals surface area (Å²) < 4.78 is 10.6. The Morgan fingerprint density at radius 2 is 1.75 bits per heavy atom. The van der Waals surface area contributed by atoms with Crippen molar-refractivity contribution in [3.05, 3.63) is 0 Å². The summed E-state index contributed by atoms with van der Waals surface area (Å²) in [5, 5.41) is 0. The van der Waals surface area contributed by atoms with Crippen molar-refractivity contribution in [1.82, 2.24) is 4.90 Å². The van der Waals surface area contributed by atoms with Crippen LogP contribution in [0.5, 0.6) is 0 Å². The van der Waals surface area contributed by atoms with Crippen LogP contribution in [0.15, 0.2) is 0 Å². The van der Waals surface area contributed by atoms with Crippen LogP contribution in [0.2, 0.25) is 0 Å². The minimum atomic E-state index is -0.467. The van der Waals surface area contributed by atoms with Gasteiger partial charge in [0.15, 0.2) is 0 Å². The summed E-state index contributed by atoms with van der Waals surface area (Å²) >= 11 is 0. The molecule has 0 aromatic rings. The van der Waals surface area contributed by atoms with E-state index >= 15 is 0 Å². The van der Waals surface area contributed by atoms with Crippen LogP contribution in [0.4, 0.5) is 0 Å². The molecule has 1 aliphatic rings. The van der Waals surface area contributed by atoms with E-state index in [1.54, 1.807) is 19.1 Å². The molecular weight excluding hydrogens is 208 g/mol. The molecule has 1 aliphatic heterocycles. The Bertz CT molecular complexity index is 238. The van der Waals surface area contributed by atoms with Crippen molar-refractivity contribution in [2.45, 2.75) is 38.0 Å². The van der Waals surface area contributed by atoms with Gasteiger partial charge in [-0.25, -0.2) is 0 Å². The Morgan fingerprint density at radius 3 is 2.06 bits per heavy atom. The lowest BCUT2D eigenvalue weighted by Crippen LogP contribution is -2.40. The van der Waals surface area contributed by atoms with Crippen molar-refractivity contribution < 1.29 is 14.3 Å². The summed E-state index contributed by atoms with van der Waals surface area (Å²) in [6.45, 7) is 4.87. The molecule has 5 heteroatoms. The fraction of sp³-hybridized carbons (Fsp3) is 0.909. The lowest BCUT2D eigenvalue weighted by atomic mass is 10.0. The first-order chi connectivity index (χ1) is 7.37. The highest BCUT2D eigenvalue weighted by Gasteiger charge is 2.36. The second-order valence-electron chi connectivity index (χ2n) is 5.01. The molecule has 1 heterocycles. The number of methoxy groups -OCH3 is 2. The average molecular weight is 230 g/mol. The van der Waals surface area contributed by atoms with Gasteiger partial charge in [0.25, 0.3) is 0 Å². The van der Waals surface area contributed by atoms with Gasteiger partial charge in [-0.1, -0.05) is 0 Å². The molecule has 2 N–H and O–H groups in total. The molecule has 0 aromatic carbocycles. The largest absolute Gasteiger partial charge is 0.377 e. The quantitative estimate of drug-likeness (QED) is 0.737. The van der Waals surface area contributed by atoms with Gasteiger partial charge in [0, 0.05) is 39.3 Å². The van der Waals surface area contributed by atoms with Crippen LogP contribution in [0.25, 0.3) is 0 Å². The van der Waals surface area contributed by atoms with E-state index in [1.807, 2.05) is 13.8 Å². The third-order valence-electron chi connectivity index (χ3n) is 2.78. The van der Waals surface area contributed by atoms with Gasteiger partial charge in [-0.3, -0.25) is 4.79 Å². The lowest BCUT2D eigenvalue weighted by Gasteiger charge is -2.22. The Labute approximate surface area is 96.9 Å². The Balaban J connectivity index is 2.54. The molecule has 1 fully saturated rings. The molecule has 1 amide bonds. The number of amides is 1. The van der Waals surface area contributed by atoms with Crippen LogP contribution < -0.4 is 5.73 Å². The number of ether oxygens (including phenoxy) is 2. The molecule has 0 saturated carbocycles. The average Bonchev–Trinajstić information content (AvgIpc) is 2.57. The van der Waals surface area contributed by atoms with Crippen molar-refractivity contribution >= 4 is 5.91 Å². The number of hydrogen-bond donors (Lipinski definition) is 1. The van der Waals surface area contributed by atoms with Gasteiger partial charge in [0.05, 0.1) is 0 Å². The van der Waals surface area contributed by atoms with Crippen molar-refractivity contribution in [2.24, 2.45) is 5.73 Å². The summed E-state index contributed by atoms with van der Waals surface area (Å²) in [7, 11) is 3.27. The molecule has 5 nitrogen and oxygen atoms in total. The Hall–Kier alpha value is -0.650. The van der Waals surface area contributed by atoms with Crippen LogP contribution in [0, 0.1) is 0 Å². The Kier molecular flexibility index (Phi) is 4.29. The molecule has 0 bridgehead atoms. The molecule has 0 aromatic heterocycles. The number of carbonyl (C=O) groups excluding carboxylic acids is 1. The van der Waals surface area contributed by atoms with Crippen LogP contribution >= 0.6 is 0 Å². The van der Waals surface area contributed by atoms with E-state index in [-0.39, 0.29) is 18.1 Å². The molecule has 94 valence electrons. The first-order valence-corrected chi connectivity index (χ1v) is 5.49. The standard InChI is InChI=1S/C11H22N2O3/c1-11(2,12)5-10(14)13-6-8(15-3)9(7-13)16-4/h8-9H,5-7,12H2,1-4H3. The number of rotatable bonds is 4. The molecule has 1 rings (SSSR count). The highest BCUT2D eigenvalue weighted by molar-refractivity contribution is 5.77. The second-order valence-corrected chi connectivity index (χ2v) is 5.01. The molecule has 0 aliphatic carbocycles. The first-order valence-electron chi connectivity index (χ1n) is 5.49. The van der Waals surface area contributed by atoms with Crippen molar-refractivity contribution in [2.75, 3.05) is 27.3 Å². The fourth-order valence-corrected chi connectivity index (χ4v) is 1.90. The zero-order valence-corrected chi connectivity index (χ0v) is 10.5. The summed E-state index contributed by atoms with van der Waals surface area (Å²) in [6, 6.07) is 0. The van der Waals surface area contributed by atoms with Crippen molar-refractivity contribution in [3.8, 4) is 0 Å². The highest BCUT2D eigenvalue weighted by atomic mass is 16.5. The topological polar surface area (TPSA) is 64.8 Å². The third kappa shape index (κ3) is 3.43. The maximum atomic E-state index is 11.9. The van der Waals surface area contributed by atoms with Gasteiger partial charge in [-0.15, -0.1) is 0 Å². The van der Waals surface area contributed by atoms with Gasteiger partial charge in [-0.05, 0) is 13.8 Å². The second kappa shape index (κ2) is 5.12. The third-order valence-corrected chi connectivity index (χ3v) is 2.78. The normalized spacial score (nSPS) is 26.2. The van der Waals surface area contributed by atoms with E-state index in [1.165, 1.54) is 0 Å². The molecule has 2 atom stereocenters. The van der Waals surface area contributed by atoms with Gasteiger partial charge >= 0.3 is 0 Å². The number of hydrogen-bond acceptors (Lipinski definition) is 4. The van der Waals surface area contributed by atoms with E-state index in [9.17, 15) is 4.79 Å². The summed E-state index contributed by atoms with van der Waals surface area (Å²) in [5.41, 5.74) is 5.36. The van der Waals surface area contributed by atoms with Crippen molar-refractivity contribution in [1.29, 1.82) is 0 Å². The van der Waals surface area contributed by atoms with E-state index in [0.717, 1.165) is 0 Å². The van der Waals surface area contributed by atoms with Crippen LogP contribution in [-0.4, -0.2) is 55.9 Å². The molecule has 16 heavy (non-hydrogen) atoms. The maximum absolute atomic E-state index is 11.9. The molecule has 2 unspecified atom stereocenters. The first kappa shape index (κ1) is 13.4. The fourth-order valence-electron chi connectivity index (χ4n) is 1.90. The summed E-state index contributed by atoms with van der Waals surface area (Å²) in [6.07, 6.45) is 0.282. The number of nitrogens with two attached hydrogens (primary N) is 1. The molecular formula is C11H22N2O3. The minimum absolute atomic E-state index is 0.0326. The monoisotopic (exact) mass is 230 g/mol. The van der Waals surface area contributed by atoms with Gasteiger partial charge < -0.3 is 20.1 Å². The van der Waals surface area contributed by atoms with E-state index < -0.39 is 5.54 Å². The van der Waals surface area contributed by atoms with Crippen LogP contribution in [0.1, 0.15) is 20.3 Å². The van der Waals surface area contributed by atoms with E-state index in [4.69, 9.17) is 15.2 Å². The van der Waals surface area contributed by atoms with Crippen molar-refractivity contribution in [3.63, 3.8) is 0 Å². The van der Waals surface area contributed by atoms with Crippen LogP contribution in [0.3, 0.4) is 0 Å². The lowest BCUT2D eigenvalue weighted by molar-refractivity contribution is -0.131. The molecule has 0 radical (unpaired) electrons. The van der Waals surface area contributed by atoms with Gasteiger partial charge in [0.2, 0.25) is 5.91 Å². The SMILES string of the molecule is COC1CN(C(=O)CC(C)(C)N)CC1OC. The molecule has 0 spiro atoms. The van der Waals surface area contributed by atoms with Gasteiger partial charge in [-0.2, -0.15) is 0 Å². The number of nitrogens with zero attached hydrogens (tertiary/aromatic N) is 1. The summed E-state index contributed by atoms with van der Waals surface area (Å²) in [4.78, 5) is 13.7. The molecule has 1 saturated heterocycles. The van der Waals surface area contributed by atoms with Gasteiger partial charge in [0.1, 0.15) is 12.2 Å². The highest BCUT2D eigenvalue weighted by Crippen LogP contribution is 2.18. The van der Waals surface area contributed by atoms with Crippen LogP contribution in [-0.2, 0) is 14.3 Å². The zero-order valence-electron chi connectivity index (χ0n) is 10.5.